The fourth-order valence-electron chi connectivity index (χ4n) is 2.05. The van der Waals surface area contributed by atoms with Crippen LogP contribution in [-0.4, -0.2) is 26.0 Å². The Morgan fingerprint density at radius 2 is 1.81 bits per heavy atom. The summed E-state index contributed by atoms with van der Waals surface area (Å²) in [6.07, 6.45) is 1.70. The fourth-order valence-corrected chi connectivity index (χ4v) is 2.05. The van der Waals surface area contributed by atoms with Crippen molar-refractivity contribution < 1.29 is 0 Å². The molecule has 0 fully saturated rings. The Morgan fingerprint density at radius 3 is 2.52 bits per heavy atom. The standard InChI is InChI=1S/C15H16N6/c1-9(2)18-14-12-13(20-15(16)21-14)17-8-11(19-12)10-6-4-3-5-7-10/h3-9H,1-2H3,(H3,16,17,18,20,21). The van der Waals surface area contributed by atoms with Crippen molar-refractivity contribution >= 4 is 22.9 Å². The number of benzene rings is 1. The van der Waals surface area contributed by atoms with Gasteiger partial charge in [-0.25, -0.2) is 9.97 Å². The van der Waals surface area contributed by atoms with Gasteiger partial charge in [0.1, 0.15) is 0 Å². The van der Waals surface area contributed by atoms with Crippen molar-refractivity contribution in [2.45, 2.75) is 19.9 Å². The summed E-state index contributed by atoms with van der Waals surface area (Å²) in [5, 5.41) is 3.23. The van der Waals surface area contributed by atoms with Gasteiger partial charge in [-0.15, -0.1) is 0 Å². The summed E-state index contributed by atoms with van der Waals surface area (Å²) in [5.74, 6) is 0.796. The van der Waals surface area contributed by atoms with Crippen LogP contribution in [0.4, 0.5) is 11.8 Å². The molecule has 0 aliphatic rings. The number of anilines is 2. The zero-order valence-corrected chi connectivity index (χ0v) is 11.9. The van der Waals surface area contributed by atoms with Gasteiger partial charge in [0, 0.05) is 11.6 Å². The summed E-state index contributed by atoms with van der Waals surface area (Å²) in [5.41, 5.74) is 8.62. The molecule has 0 atom stereocenters. The highest BCUT2D eigenvalue weighted by molar-refractivity contribution is 5.85. The molecule has 0 saturated heterocycles. The minimum absolute atomic E-state index is 0.187. The van der Waals surface area contributed by atoms with Crippen molar-refractivity contribution in [3.8, 4) is 11.3 Å². The monoisotopic (exact) mass is 280 g/mol. The number of aromatic nitrogens is 4. The van der Waals surface area contributed by atoms with E-state index in [4.69, 9.17) is 5.73 Å². The zero-order valence-electron chi connectivity index (χ0n) is 11.9. The van der Waals surface area contributed by atoms with E-state index in [0.717, 1.165) is 11.3 Å². The van der Waals surface area contributed by atoms with Crippen LogP contribution in [0.2, 0.25) is 0 Å². The third-order valence-corrected chi connectivity index (χ3v) is 2.92. The van der Waals surface area contributed by atoms with Crippen LogP contribution in [0, 0.1) is 0 Å². The van der Waals surface area contributed by atoms with Gasteiger partial charge in [-0.1, -0.05) is 30.3 Å². The molecular weight excluding hydrogens is 264 g/mol. The van der Waals surface area contributed by atoms with Crippen LogP contribution in [0.25, 0.3) is 22.4 Å². The molecule has 0 aliphatic carbocycles. The lowest BCUT2D eigenvalue weighted by atomic mass is 10.2. The van der Waals surface area contributed by atoms with Gasteiger partial charge in [-0.3, -0.25) is 0 Å². The SMILES string of the molecule is CC(C)Nc1nc(N)nc2ncc(-c3ccccc3)nc12. The van der Waals surface area contributed by atoms with Crippen LogP contribution < -0.4 is 11.1 Å². The van der Waals surface area contributed by atoms with Crippen molar-refractivity contribution in [3.63, 3.8) is 0 Å². The topological polar surface area (TPSA) is 89.6 Å². The van der Waals surface area contributed by atoms with Gasteiger partial charge in [0.15, 0.2) is 17.0 Å². The molecule has 0 unspecified atom stereocenters. The Bertz CT molecular complexity index is 770. The van der Waals surface area contributed by atoms with E-state index in [-0.39, 0.29) is 12.0 Å². The van der Waals surface area contributed by atoms with Crippen LogP contribution in [0.3, 0.4) is 0 Å². The van der Waals surface area contributed by atoms with E-state index in [1.807, 2.05) is 44.2 Å². The van der Waals surface area contributed by atoms with E-state index in [2.05, 4.69) is 25.3 Å². The summed E-state index contributed by atoms with van der Waals surface area (Å²) in [7, 11) is 0. The maximum Gasteiger partial charge on any atom is 0.224 e. The molecule has 0 spiro atoms. The highest BCUT2D eigenvalue weighted by atomic mass is 15.1. The fraction of sp³-hybridized carbons (Fsp3) is 0.200. The molecule has 6 heteroatoms. The van der Waals surface area contributed by atoms with Crippen LogP contribution in [0.1, 0.15) is 13.8 Å². The molecule has 0 bridgehead atoms. The smallest absolute Gasteiger partial charge is 0.224 e. The largest absolute Gasteiger partial charge is 0.368 e. The number of nitrogens with one attached hydrogen (secondary N) is 1. The highest BCUT2D eigenvalue weighted by Gasteiger charge is 2.11. The molecule has 0 radical (unpaired) electrons. The molecule has 2 heterocycles. The highest BCUT2D eigenvalue weighted by Crippen LogP contribution is 2.22. The Hall–Kier alpha value is -2.76. The van der Waals surface area contributed by atoms with E-state index < -0.39 is 0 Å². The lowest BCUT2D eigenvalue weighted by Gasteiger charge is -2.11. The Balaban J connectivity index is 2.17. The van der Waals surface area contributed by atoms with E-state index in [1.165, 1.54) is 0 Å². The summed E-state index contributed by atoms with van der Waals surface area (Å²) >= 11 is 0. The molecule has 0 aliphatic heterocycles. The summed E-state index contributed by atoms with van der Waals surface area (Å²) in [4.78, 5) is 17.3. The molecular formula is C15H16N6. The average Bonchev–Trinajstić information content (AvgIpc) is 2.47. The Morgan fingerprint density at radius 1 is 1.05 bits per heavy atom. The van der Waals surface area contributed by atoms with Crippen LogP contribution in [0.15, 0.2) is 36.5 Å². The summed E-state index contributed by atoms with van der Waals surface area (Å²) in [6.45, 7) is 4.05. The van der Waals surface area contributed by atoms with Gasteiger partial charge in [0.05, 0.1) is 11.9 Å². The van der Waals surface area contributed by atoms with Gasteiger partial charge < -0.3 is 11.1 Å². The van der Waals surface area contributed by atoms with E-state index in [1.54, 1.807) is 6.20 Å². The van der Waals surface area contributed by atoms with E-state index in [0.29, 0.717) is 17.0 Å². The van der Waals surface area contributed by atoms with Gasteiger partial charge in [0.25, 0.3) is 0 Å². The van der Waals surface area contributed by atoms with Crippen molar-refractivity contribution in [2.75, 3.05) is 11.1 Å². The van der Waals surface area contributed by atoms with Crippen LogP contribution in [-0.2, 0) is 0 Å². The molecule has 3 N–H and O–H groups in total. The normalized spacial score (nSPS) is 11.0. The molecule has 3 aromatic rings. The van der Waals surface area contributed by atoms with E-state index >= 15 is 0 Å². The maximum atomic E-state index is 5.72. The van der Waals surface area contributed by atoms with Crippen LogP contribution in [0.5, 0.6) is 0 Å². The number of nitrogens with two attached hydrogens (primary N) is 1. The molecule has 106 valence electrons. The van der Waals surface area contributed by atoms with Crippen LogP contribution >= 0.6 is 0 Å². The second-order valence-corrected chi connectivity index (χ2v) is 5.02. The molecule has 0 saturated carbocycles. The minimum atomic E-state index is 0.187. The predicted molar refractivity (Wildman–Crippen MR) is 83.7 cm³/mol. The average molecular weight is 280 g/mol. The van der Waals surface area contributed by atoms with Crippen molar-refractivity contribution in [3.05, 3.63) is 36.5 Å². The summed E-state index contributed by atoms with van der Waals surface area (Å²) in [6, 6.07) is 10.1. The predicted octanol–water partition coefficient (Wildman–Crippen LogP) is 2.49. The quantitative estimate of drug-likeness (QED) is 0.766. The third kappa shape index (κ3) is 2.74. The molecule has 6 nitrogen and oxygen atoms in total. The lowest BCUT2D eigenvalue weighted by molar-refractivity contribution is 0.889. The number of hydrogen-bond donors (Lipinski definition) is 2. The zero-order chi connectivity index (χ0) is 14.8. The third-order valence-electron chi connectivity index (χ3n) is 2.92. The number of hydrogen-bond acceptors (Lipinski definition) is 6. The summed E-state index contributed by atoms with van der Waals surface area (Å²) < 4.78 is 0. The number of fused-ring (bicyclic) bond motifs is 1. The van der Waals surface area contributed by atoms with E-state index in [9.17, 15) is 0 Å². The first-order valence-electron chi connectivity index (χ1n) is 6.75. The minimum Gasteiger partial charge on any atom is -0.368 e. The second kappa shape index (κ2) is 5.32. The van der Waals surface area contributed by atoms with Gasteiger partial charge in [0.2, 0.25) is 5.95 Å². The van der Waals surface area contributed by atoms with Gasteiger partial charge in [-0.2, -0.15) is 9.97 Å². The lowest BCUT2D eigenvalue weighted by Crippen LogP contribution is -2.13. The van der Waals surface area contributed by atoms with Gasteiger partial charge >= 0.3 is 0 Å². The number of nitrogens with zero attached hydrogens (tertiary/aromatic N) is 4. The molecule has 3 rings (SSSR count). The number of nitrogen functional groups attached to an aromatic ring is 1. The first kappa shape index (κ1) is 13.2. The molecule has 1 aromatic carbocycles. The number of rotatable bonds is 3. The van der Waals surface area contributed by atoms with Crippen molar-refractivity contribution in [2.24, 2.45) is 0 Å². The van der Waals surface area contributed by atoms with Crippen molar-refractivity contribution in [1.29, 1.82) is 0 Å². The molecule has 0 amide bonds. The molecule has 21 heavy (non-hydrogen) atoms. The molecule has 2 aromatic heterocycles. The first-order valence-corrected chi connectivity index (χ1v) is 6.75. The van der Waals surface area contributed by atoms with Crippen molar-refractivity contribution in [1.82, 2.24) is 19.9 Å². The maximum absolute atomic E-state index is 5.72. The Labute approximate surface area is 122 Å². The second-order valence-electron chi connectivity index (χ2n) is 5.02. The Kier molecular flexibility index (Phi) is 3.35. The van der Waals surface area contributed by atoms with Gasteiger partial charge in [-0.05, 0) is 13.8 Å². The first-order chi connectivity index (χ1) is 10.1.